The second kappa shape index (κ2) is 11.5. The van der Waals surface area contributed by atoms with E-state index in [2.05, 4.69) is 20.6 Å². The Morgan fingerprint density at radius 1 is 1.05 bits per heavy atom. The third kappa shape index (κ3) is 5.96. The third-order valence-electron chi connectivity index (χ3n) is 6.62. The van der Waals surface area contributed by atoms with Gasteiger partial charge in [-0.25, -0.2) is 0 Å². The number of ether oxygens (including phenoxy) is 1. The van der Waals surface area contributed by atoms with E-state index < -0.39 is 0 Å². The van der Waals surface area contributed by atoms with Crippen LogP contribution in [0.3, 0.4) is 0 Å². The van der Waals surface area contributed by atoms with Crippen LogP contribution < -0.4 is 21.9 Å². The van der Waals surface area contributed by atoms with Gasteiger partial charge < -0.3 is 26.1 Å². The first kappa shape index (κ1) is 24.9. The molecule has 1 aliphatic rings. The van der Waals surface area contributed by atoms with Crippen LogP contribution >= 0.6 is 0 Å². The third-order valence-corrected chi connectivity index (χ3v) is 6.62. The Balaban J connectivity index is 1.30. The molecular weight excluding hydrogens is 468 g/mol. The van der Waals surface area contributed by atoms with Crippen LogP contribution in [0.5, 0.6) is 0 Å². The zero-order valence-electron chi connectivity index (χ0n) is 20.7. The van der Waals surface area contributed by atoms with E-state index in [1.807, 2.05) is 59.1 Å². The van der Waals surface area contributed by atoms with Crippen LogP contribution in [0.1, 0.15) is 35.2 Å². The summed E-state index contributed by atoms with van der Waals surface area (Å²) in [5.74, 6) is 0.404. The van der Waals surface area contributed by atoms with E-state index in [0.29, 0.717) is 36.7 Å². The Hall–Kier alpha value is -3.79. The molecule has 1 fully saturated rings. The van der Waals surface area contributed by atoms with Crippen molar-refractivity contribution < 1.29 is 9.53 Å². The molecule has 2 aromatic heterocycles. The lowest BCUT2D eigenvalue weighted by Gasteiger charge is -2.23. The predicted octanol–water partition coefficient (Wildman–Crippen LogP) is 2.70. The van der Waals surface area contributed by atoms with Crippen molar-refractivity contribution in [1.82, 2.24) is 25.0 Å². The molecule has 0 radical (unpaired) electrons. The van der Waals surface area contributed by atoms with Crippen molar-refractivity contribution in [3.8, 4) is 22.4 Å². The highest BCUT2D eigenvalue weighted by molar-refractivity contribution is 5.94. The van der Waals surface area contributed by atoms with Gasteiger partial charge in [-0.2, -0.15) is 4.98 Å². The molecule has 1 aliphatic heterocycles. The Morgan fingerprint density at radius 3 is 2.51 bits per heavy atom. The molecule has 3 heterocycles. The predicted molar refractivity (Wildman–Crippen MR) is 143 cm³/mol. The number of H-pyrrole nitrogens is 1. The largest absolute Gasteiger partial charge is 0.377 e. The number of hydrogen-bond donors (Lipinski definition) is 4. The summed E-state index contributed by atoms with van der Waals surface area (Å²) in [4.78, 5) is 32.8. The molecule has 0 saturated carbocycles. The molecule has 9 heteroatoms. The molecule has 0 bridgehead atoms. The monoisotopic (exact) mass is 500 g/mol. The van der Waals surface area contributed by atoms with Crippen molar-refractivity contribution in [2.24, 2.45) is 5.73 Å². The number of benzene rings is 2. The van der Waals surface area contributed by atoms with Gasteiger partial charge in [-0.05, 0) is 67.7 Å². The van der Waals surface area contributed by atoms with E-state index in [0.717, 1.165) is 54.7 Å². The van der Waals surface area contributed by atoms with Crippen molar-refractivity contribution in [2.45, 2.75) is 31.9 Å². The molecule has 1 saturated heterocycles. The fourth-order valence-corrected chi connectivity index (χ4v) is 4.49. The molecule has 2 aromatic carbocycles. The number of nitrogens with two attached hydrogens (primary N) is 1. The second-order valence-corrected chi connectivity index (χ2v) is 9.33. The Kier molecular flexibility index (Phi) is 7.74. The Morgan fingerprint density at radius 2 is 1.78 bits per heavy atom. The number of aromatic nitrogens is 3. The highest BCUT2D eigenvalue weighted by Crippen LogP contribution is 2.22. The molecule has 5 rings (SSSR count). The molecule has 37 heavy (non-hydrogen) atoms. The van der Waals surface area contributed by atoms with Crippen LogP contribution in [0, 0.1) is 0 Å². The van der Waals surface area contributed by atoms with Crippen LogP contribution in [0.25, 0.3) is 28.2 Å². The normalized spacial score (nSPS) is 14.2. The van der Waals surface area contributed by atoms with Crippen LogP contribution in [0.2, 0.25) is 0 Å². The van der Waals surface area contributed by atoms with Gasteiger partial charge in [-0.1, -0.05) is 36.4 Å². The topological polar surface area (TPSA) is 127 Å². The van der Waals surface area contributed by atoms with Crippen molar-refractivity contribution in [2.75, 3.05) is 26.2 Å². The molecule has 0 atom stereocenters. The van der Waals surface area contributed by atoms with Gasteiger partial charge in [-0.3, -0.25) is 14.0 Å². The standard InChI is InChI=1S/C28H32N6O3/c29-12-1-15-37-18-19-2-4-20(5-3-19)24-16-34-17-25(32-28(34)33-27(24)36)21-6-8-22(9-7-21)26(35)31-23-10-13-30-14-11-23/h2-9,16-17,23,30H,1,10-15,18,29H2,(H,31,35)(H,32,33,36). The van der Waals surface area contributed by atoms with Gasteiger partial charge >= 0.3 is 0 Å². The van der Waals surface area contributed by atoms with Gasteiger partial charge in [0.25, 0.3) is 11.5 Å². The lowest BCUT2D eigenvalue weighted by atomic mass is 10.1. The summed E-state index contributed by atoms with van der Waals surface area (Å²) in [6.07, 6.45) is 6.41. The molecular formula is C28H32N6O3. The van der Waals surface area contributed by atoms with Gasteiger partial charge in [0, 0.05) is 30.6 Å². The van der Waals surface area contributed by atoms with E-state index in [1.54, 1.807) is 6.20 Å². The quantitative estimate of drug-likeness (QED) is 0.262. The van der Waals surface area contributed by atoms with Crippen LogP contribution in [0.15, 0.2) is 65.7 Å². The van der Waals surface area contributed by atoms with Gasteiger partial charge in [0.15, 0.2) is 0 Å². The summed E-state index contributed by atoms with van der Waals surface area (Å²) >= 11 is 0. The average molecular weight is 501 g/mol. The number of carbonyl (C=O) groups excluding carboxylic acids is 1. The van der Waals surface area contributed by atoms with Gasteiger partial charge in [0.2, 0.25) is 5.78 Å². The smallest absolute Gasteiger partial charge is 0.282 e. The minimum Gasteiger partial charge on any atom is -0.377 e. The minimum absolute atomic E-state index is 0.0556. The molecule has 0 unspecified atom stereocenters. The average Bonchev–Trinajstić information content (AvgIpc) is 3.34. The molecule has 4 aromatic rings. The molecule has 9 nitrogen and oxygen atoms in total. The van der Waals surface area contributed by atoms with Gasteiger partial charge in [0.05, 0.1) is 17.9 Å². The molecule has 5 N–H and O–H groups in total. The van der Waals surface area contributed by atoms with Crippen LogP contribution in [0.4, 0.5) is 0 Å². The highest BCUT2D eigenvalue weighted by atomic mass is 16.5. The molecule has 192 valence electrons. The number of piperidine rings is 1. The number of amides is 1. The SMILES string of the molecule is NCCCOCc1ccc(-c2cn3cc(-c4ccc(C(=O)NC5CCNCC5)cc4)[nH]c3nc2=O)cc1. The summed E-state index contributed by atoms with van der Waals surface area (Å²) in [6, 6.07) is 15.4. The first-order valence-corrected chi connectivity index (χ1v) is 12.7. The number of aromatic amines is 1. The maximum Gasteiger partial charge on any atom is 0.282 e. The number of hydrogen-bond acceptors (Lipinski definition) is 6. The Labute approximate surface area is 215 Å². The van der Waals surface area contributed by atoms with Crippen molar-refractivity contribution >= 4 is 11.7 Å². The van der Waals surface area contributed by atoms with E-state index in [9.17, 15) is 9.59 Å². The van der Waals surface area contributed by atoms with E-state index in [1.165, 1.54) is 0 Å². The van der Waals surface area contributed by atoms with Crippen molar-refractivity contribution in [3.05, 3.63) is 82.4 Å². The van der Waals surface area contributed by atoms with Crippen molar-refractivity contribution in [1.29, 1.82) is 0 Å². The zero-order valence-corrected chi connectivity index (χ0v) is 20.7. The number of nitrogens with one attached hydrogen (secondary N) is 3. The summed E-state index contributed by atoms with van der Waals surface area (Å²) < 4.78 is 7.41. The lowest BCUT2D eigenvalue weighted by Crippen LogP contribution is -2.42. The van der Waals surface area contributed by atoms with E-state index >= 15 is 0 Å². The van der Waals surface area contributed by atoms with Gasteiger partial charge in [0.1, 0.15) is 0 Å². The second-order valence-electron chi connectivity index (χ2n) is 9.33. The van der Waals surface area contributed by atoms with E-state index in [-0.39, 0.29) is 17.5 Å². The molecule has 0 aliphatic carbocycles. The molecule has 1 amide bonds. The lowest BCUT2D eigenvalue weighted by molar-refractivity contribution is 0.0929. The van der Waals surface area contributed by atoms with Crippen molar-refractivity contribution in [3.63, 3.8) is 0 Å². The summed E-state index contributed by atoms with van der Waals surface area (Å²) in [5, 5.41) is 6.42. The summed E-state index contributed by atoms with van der Waals surface area (Å²) in [5.41, 5.74) is 9.87. The van der Waals surface area contributed by atoms with Crippen LogP contribution in [-0.4, -0.2) is 52.6 Å². The minimum atomic E-state index is -0.301. The van der Waals surface area contributed by atoms with E-state index in [4.69, 9.17) is 10.5 Å². The fraction of sp³-hybridized carbons (Fsp3) is 0.321. The highest BCUT2D eigenvalue weighted by Gasteiger charge is 2.16. The Bertz CT molecular complexity index is 1400. The molecule has 0 spiro atoms. The first-order chi connectivity index (χ1) is 18.1. The van der Waals surface area contributed by atoms with Gasteiger partial charge in [-0.15, -0.1) is 0 Å². The number of rotatable bonds is 9. The summed E-state index contributed by atoms with van der Waals surface area (Å²) in [7, 11) is 0. The summed E-state index contributed by atoms with van der Waals surface area (Å²) in [6.45, 7) is 3.61. The maximum atomic E-state index is 12.8. The maximum absolute atomic E-state index is 12.8. The zero-order chi connectivity index (χ0) is 25.6. The fourth-order valence-electron chi connectivity index (χ4n) is 4.49. The van der Waals surface area contributed by atoms with Crippen LogP contribution in [-0.2, 0) is 11.3 Å². The number of nitrogens with zero attached hydrogens (tertiary/aromatic N) is 2. The number of imidazole rings is 1. The number of carbonyl (C=O) groups is 1. The number of fused-ring (bicyclic) bond motifs is 1. The first-order valence-electron chi connectivity index (χ1n) is 12.7.